The predicted octanol–water partition coefficient (Wildman–Crippen LogP) is 1.60. The third kappa shape index (κ3) is 5.16. The molecule has 2 bridgehead atoms. The number of carbonyl (C=O) groups excluding carboxylic acids is 2. The van der Waals surface area contributed by atoms with Crippen LogP contribution in [0, 0.1) is 0 Å². The van der Waals surface area contributed by atoms with Crippen molar-refractivity contribution in [3.05, 3.63) is 0 Å². The number of hydrogen-bond acceptors (Lipinski definition) is 6. The molecule has 1 aliphatic heterocycles. The molecule has 1 saturated heterocycles. The lowest BCUT2D eigenvalue weighted by molar-refractivity contribution is -0.140. The quantitative estimate of drug-likeness (QED) is 0.434. The molecule has 176 valence electrons. The highest BCUT2D eigenvalue weighted by molar-refractivity contribution is 8.00. The van der Waals surface area contributed by atoms with Gasteiger partial charge >= 0.3 is 0 Å². The lowest BCUT2D eigenvalue weighted by atomic mass is 9.60. The summed E-state index contributed by atoms with van der Waals surface area (Å²) in [4.78, 5) is 25.2. The summed E-state index contributed by atoms with van der Waals surface area (Å²) in [6, 6.07) is -0.199. The fraction of sp³-hybridized carbons (Fsp3) is 0.905. The fourth-order valence-electron chi connectivity index (χ4n) is 5.48. The van der Waals surface area contributed by atoms with Crippen molar-refractivity contribution in [2.24, 2.45) is 0 Å². The van der Waals surface area contributed by atoms with Crippen LogP contribution in [0.3, 0.4) is 0 Å². The van der Waals surface area contributed by atoms with Crippen molar-refractivity contribution >= 4 is 35.2 Å². The van der Waals surface area contributed by atoms with Gasteiger partial charge in [0, 0.05) is 17.7 Å². The van der Waals surface area contributed by atoms with Crippen LogP contribution in [-0.2, 0) is 14.3 Å². The first-order chi connectivity index (χ1) is 14.7. The SMILES string of the molecule is CC1NC(C(=O)NC23CCC(NC(=O)COC4CCC(Cl)C(F)C4)(CC2)[C@@H](O)C3)CS1. The van der Waals surface area contributed by atoms with Gasteiger partial charge in [-0.15, -0.1) is 23.4 Å². The molecule has 5 rings (SSSR count). The van der Waals surface area contributed by atoms with Gasteiger partial charge in [-0.2, -0.15) is 0 Å². The van der Waals surface area contributed by atoms with E-state index in [4.69, 9.17) is 16.3 Å². The molecule has 5 fully saturated rings. The summed E-state index contributed by atoms with van der Waals surface area (Å²) >= 11 is 7.62. The number of aliphatic hydroxyl groups is 1. The van der Waals surface area contributed by atoms with E-state index >= 15 is 0 Å². The number of alkyl halides is 2. The summed E-state index contributed by atoms with van der Waals surface area (Å²) < 4.78 is 19.4. The molecular weight excluding hydrogens is 445 g/mol. The Balaban J connectivity index is 1.26. The van der Waals surface area contributed by atoms with Gasteiger partial charge in [-0.3, -0.25) is 14.9 Å². The zero-order valence-corrected chi connectivity index (χ0v) is 19.4. The molecule has 7 nitrogen and oxygen atoms in total. The summed E-state index contributed by atoms with van der Waals surface area (Å²) in [5.41, 5.74) is -1.09. The molecule has 0 radical (unpaired) electrons. The molecule has 4 N–H and O–H groups in total. The van der Waals surface area contributed by atoms with Gasteiger partial charge in [-0.1, -0.05) is 0 Å². The Morgan fingerprint density at radius 2 is 2.00 bits per heavy atom. The third-order valence-corrected chi connectivity index (χ3v) is 9.11. The molecule has 0 aromatic rings. The van der Waals surface area contributed by atoms with Crippen LogP contribution in [0.5, 0.6) is 0 Å². The van der Waals surface area contributed by atoms with Gasteiger partial charge in [0.15, 0.2) is 0 Å². The molecular formula is C21H33ClFN3O4S. The highest BCUT2D eigenvalue weighted by Gasteiger charge is 2.55. The number of ether oxygens (including phenoxy) is 1. The summed E-state index contributed by atoms with van der Waals surface area (Å²) in [6.45, 7) is 1.89. The van der Waals surface area contributed by atoms with E-state index in [0.29, 0.717) is 32.1 Å². The molecule has 10 heteroatoms. The third-order valence-electron chi connectivity index (χ3n) is 7.46. The Hall–Kier alpha value is -0.610. The van der Waals surface area contributed by atoms with Gasteiger partial charge in [0.05, 0.1) is 34.5 Å². The van der Waals surface area contributed by atoms with Crippen LogP contribution in [0.4, 0.5) is 4.39 Å². The van der Waals surface area contributed by atoms with Crippen LogP contribution in [0.1, 0.15) is 58.3 Å². The van der Waals surface area contributed by atoms with Crippen LogP contribution in [0.25, 0.3) is 0 Å². The maximum absolute atomic E-state index is 13.8. The Kier molecular flexibility index (Phi) is 7.09. The van der Waals surface area contributed by atoms with E-state index in [1.807, 2.05) is 6.92 Å². The molecule has 1 heterocycles. The highest BCUT2D eigenvalue weighted by Crippen LogP contribution is 2.47. The first-order valence-corrected chi connectivity index (χ1v) is 12.8. The molecule has 4 saturated carbocycles. The standard InChI is InChI=1S/C21H33ClFN3O4S/c1-12-24-16(11-31-12)19(29)26-20-4-6-21(7-5-20,17(27)9-20)25-18(28)10-30-13-2-3-14(22)15(23)8-13/h12-17,24,27H,2-11H2,1H3,(H,25,28)(H,26,29)/t12?,13?,14?,15?,16?,17-,20?,21?/m0/s1. The second kappa shape index (κ2) is 9.33. The van der Waals surface area contributed by atoms with Crippen molar-refractivity contribution < 1.29 is 23.8 Å². The van der Waals surface area contributed by atoms with Gasteiger partial charge < -0.3 is 20.5 Å². The average molecular weight is 478 g/mol. The Bertz CT molecular complexity index is 694. The number of amides is 2. The lowest BCUT2D eigenvalue weighted by Crippen LogP contribution is -2.71. The van der Waals surface area contributed by atoms with Crippen LogP contribution in [0.15, 0.2) is 0 Å². The number of fused-ring (bicyclic) bond motifs is 3. The first kappa shape index (κ1) is 23.5. The minimum absolute atomic E-state index is 0.00582. The number of thioether (sulfide) groups is 1. The number of carbonyl (C=O) groups is 2. The maximum atomic E-state index is 13.8. The second-order valence-electron chi connectivity index (χ2n) is 9.67. The topological polar surface area (TPSA) is 99.7 Å². The minimum atomic E-state index is -1.11. The molecule has 6 atom stereocenters. The van der Waals surface area contributed by atoms with E-state index in [0.717, 1.165) is 18.6 Å². The molecule has 0 aromatic heterocycles. The highest BCUT2D eigenvalue weighted by atomic mass is 35.5. The molecule has 0 spiro atoms. The van der Waals surface area contributed by atoms with Crippen LogP contribution in [-0.4, -0.2) is 75.5 Å². The zero-order valence-electron chi connectivity index (χ0n) is 17.9. The number of hydrogen-bond donors (Lipinski definition) is 4. The van der Waals surface area contributed by atoms with Crippen molar-refractivity contribution in [1.29, 1.82) is 0 Å². The Morgan fingerprint density at radius 1 is 1.26 bits per heavy atom. The predicted molar refractivity (Wildman–Crippen MR) is 118 cm³/mol. The summed E-state index contributed by atoms with van der Waals surface area (Å²) in [6.07, 6.45) is 2.33. The van der Waals surface area contributed by atoms with E-state index in [1.54, 1.807) is 11.8 Å². The normalized spacial score (nSPS) is 44.8. The number of rotatable bonds is 6. The second-order valence-corrected chi connectivity index (χ2v) is 11.6. The van der Waals surface area contributed by atoms with Crippen LogP contribution >= 0.6 is 23.4 Å². The Morgan fingerprint density at radius 3 is 2.61 bits per heavy atom. The number of halogens is 2. The zero-order chi connectivity index (χ0) is 22.2. The Labute approximate surface area is 191 Å². The average Bonchev–Trinajstić information content (AvgIpc) is 3.17. The van der Waals surface area contributed by atoms with Gasteiger partial charge in [-0.25, -0.2) is 4.39 Å². The molecule has 5 unspecified atom stereocenters. The van der Waals surface area contributed by atoms with Crippen molar-refractivity contribution in [3.63, 3.8) is 0 Å². The molecule has 0 aromatic carbocycles. The van der Waals surface area contributed by atoms with E-state index in [-0.39, 0.29) is 42.4 Å². The largest absolute Gasteiger partial charge is 0.391 e. The first-order valence-electron chi connectivity index (χ1n) is 11.3. The van der Waals surface area contributed by atoms with Crippen LogP contribution < -0.4 is 16.0 Å². The van der Waals surface area contributed by atoms with Gasteiger partial charge in [0.2, 0.25) is 11.8 Å². The van der Waals surface area contributed by atoms with E-state index < -0.39 is 28.7 Å². The molecule has 2 amide bonds. The molecule has 4 aliphatic carbocycles. The monoisotopic (exact) mass is 477 g/mol. The molecule has 31 heavy (non-hydrogen) atoms. The van der Waals surface area contributed by atoms with E-state index in [9.17, 15) is 19.1 Å². The number of aliphatic hydroxyl groups excluding tert-OH is 1. The molecule has 5 aliphatic rings. The van der Waals surface area contributed by atoms with Gasteiger partial charge in [-0.05, 0) is 51.9 Å². The van der Waals surface area contributed by atoms with Gasteiger partial charge in [0.25, 0.3) is 0 Å². The van der Waals surface area contributed by atoms with Crippen molar-refractivity contribution in [3.8, 4) is 0 Å². The minimum Gasteiger partial charge on any atom is -0.391 e. The van der Waals surface area contributed by atoms with Crippen molar-refractivity contribution in [2.75, 3.05) is 12.4 Å². The van der Waals surface area contributed by atoms with Crippen LogP contribution in [0.2, 0.25) is 0 Å². The van der Waals surface area contributed by atoms with E-state index in [2.05, 4.69) is 16.0 Å². The van der Waals surface area contributed by atoms with Gasteiger partial charge in [0.1, 0.15) is 12.8 Å². The summed E-state index contributed by atoms with van der Waals surface area (Å²) in [5, 5.41) is 20.1. The summed E-state index contributed by atoms with van der Waals surface area (Å²) in [7, 11) is 0. The number of nitrogens with one attached hydrogen (secondary N) is 3. The summed E-state index contributed by atoms with van der Waals surface area (Å²) in [5.74, 6) is 0.456. The fourth-order valence-corrected chi connectivity index (χ4v) is 6.70. The van der Waals surface area contributed by atoms with E-state index in [1.165, 1.54) is 0 Å². The maximum Gasteiger partial charge on any atom is 0.246 e. The lowest BCUT2D eigenvalue weighted by Gasteiger charge is -2.56. The van der Waals surface area contributed by atoms with Crippen molar-refractivity contribution in [1.82, 2.24) is 16.0 Å². The smallest absolute Gasteiger partial charge is 0.246 e. The van der Waals surface area contributed by atoms with Crippen molar-refractivity contribution in [2.45, 2.75) is 105 Å².